The molecule has 1 aromatic carbocycles. The smallest absolute Gasteiger partial charge is 0.335 e. The van der Waals surface area contributed by atoms with E-state index in [-0.39, 0.29) is 4.71 Å². The fraction of sp³-hybridized carbons (Fsp3) is 0.294. The summed E-state index contributed by atoms with van der Waals surface area (Å²) in [5.74, 6) is -0.911. The first-order valence-electron chi connectivity index (χ1n) is 7.75. The van der Waals surface area contributed by atoms with E-state index >= 15 is 0 Å². The van der Waals surface area contributed by atoms with Gasteiger partial charge in [0.2, 0.25) is 5.69 Å². The van der Waals surface area contributed by atoms with Gasteiger partial charge in [-0.3, -0.25) is 4.90 Å². The molecule has 3 rings (SSSR count). The quantitative estimate of drug-likeness (QED) is 0.442. The van der Waals surface area contributed by atoms with Gasteiger partial charge in [0, 0.05) is 56.1 Å². The number of hydrogen-bond donors (Lipinski definition) is 3. The van der Waals surface area contributed by atoms with Crippen LogP contribution in [0, 0.1) is 0 Å². The van der Waals surface area contributed by atoms with Crippen LogP contribution in [0.5, 0.6) is 0 Å². The van der Waals surface area contributed by atoms with Crippen LogP contribution >= 0.6 is 25.3 Å². The van der Waals surface area contributed by atoms with Crippen LogP contribution in [0.3, 0.4) is 0 Å². The number of piperazine rings is 1. The highest BCUT2D eigenvalue weighted by molar-refractivity contribution is 7.99. The zero-order chi connectivity index (χ0) is 17.1. The van der Waals surface area contributed by atoms with Gasteiger partial charge < -0.3 is 10.0 Å². The molecule has 2 aromatic rings. The van der Waals surface area contributed by atoms with Gasteiger partial charge in [0.15, 0.2) is 12.4 Å². The maximum Gasteiger partial charge on any atom is 0.335 e. The number of hydrogen-bond acceptors (Lipinski definition) is 5. The largest absolute Gasteiger partial charge is 0.478 e. The number of thiol groups is 2. The molecule has 1 fully saturated rings. The van der Waals surface area contributed by atoms with Gasteiger partial charge in [-0.2, -0.15) is 4.57 Å². The number of pyridine rings is 1. The molecule has 0 bridgehead atoms. The second-order valence-corrected chi connectivity index (χ2v) is 7.07. The number of nitrogens with zero attached hydrogens (tertiary/aromatic N) is 3. The Labute approximate surface area is 152 Å². The van der Waals surface area contributed by atoms with E-state index in [0.717, 1.165) is 31.9 Å². The first-order chi connectivity index (χ1) is 11.5. The van der Waals surface area contributed by atoms with Gasteiger partial charge in [-0.15, -0.1) is 25.3 Å². The number of benzene rings is 1. The van der Waals surface area contributed by atoms with Crippen molar-refractivity contribution in [1.82, 2.24) is 4.90 Å². The first-order valence-corrected chi connectivity index (χ1v) is 8.78. The SMILES string of the molecule is O=C(O)c1ccc(-[n+]2ccc(N3CCN(C(S)S)CC3)cc2)cc1. The Kier molecular flexibility index (Phi) is 5.33. The van der Waals surface area contributed by atoms with Crippen LogP contribution in [0.1, 0.15) is 10.4 Å². The van der Waals surface area contributed by atoms with E-state index in [2.05, 4.69) is 47.2 Å². The fourth-order valence-corrected chi connectivity index (χ4v) is 3.25. The molecule has 0 amide bonds. The molecule has 0 saturated carbocycles. The topological polar surface area (TPSA) is 47.7 Å². The lowest BCUT2D eigenvalue weighted by Gasteiger charge is -2.37. The number of aromatic nitrogens is 1. The van der Waals surface area contributed by atoms with Gasteiger partial charge in [-0.05, 0) is 12.1 Å². The molecule has 1 aromatic heterocycles. The highest BCUT2D eigenvalue weighted by Crippen LogP contribution is 2.18. The van der Waals surface area contributed by atoms with Crippen molar-refractivity contribution in [2.75, 3.05) is 31.1 Å². The van der Waals surface area contributed by atoms with Crippen LogP contribution in [0.4, 0.5) is 5.69 Å². The van der Waals surface area contributed by atoms with Gasteiger partial charge in [-0.25, -0.2) is 4.79 Å². The lowest BCUT2D eigenvalue weighted by atomic mass is 10.2. The summed E-state index contributed by atoms with van der Waals surface area (Å²) < 4.78 is 1.97. The first kappa shape index (κ1) is 17.1. The minimum Gasteiger partial charge on any atom is -0.478 e. The number of carboxylic acid groups (broad SMARTS) is 1. The van der Waals surface area contributed by atoms with Gasteiger partial charge in [0.05, 0.1) is 10.3 Å². The third-order valence-electron chi connectivity index (χ3n) is 4.23. The number of aromatic carboxylic acids is 1. The minimum absolute atomic E-state index is 0.00106. The van der Waals surface area contributed by atoms with E-state index in [1.165, 1.54) is 5.69 Å². The lowest BCUT2D eigenvalue weighted by molar-refractivity contribution is -0.595. The Balaban J connectivity index is 1.68. The predicted molar refractivity (Wildman–Crippen MR) is 100 cm³/mol. The molecular formula is C17H20N3O2S2+. The van der Waals surface area contributed by atoms with Crippen molar-refractivity contribution in [2.24, 2.45) is 0 Å². The number of anilines is 1. The summed E-state index contributed by atoms with van der Waals surface area (Å²) >= 11 is 8.73. The Bertz CT molecular complexity index is 697. The van der Waals surface area contributed by atoms with E-state index in [4.69, 9.17) is 5.11 Å². The van der Waals surface area contributed by atoms with Crippen molar-refractivity contribution in [3.8, 4) is 5.69 Å². The summed E-state index contributed by atoms with van der Waals surface area (Å²) in [5, 5.41) is 8.95. The van der Waals surface area contributed by atoms with Crippen LogP contribution in [0.2, 0.25) is 0 Å². The Morgan fingerprint density at radius 2 is 1.58 bits per heavy atom. The van der Waals surface area contributed by atoms with Crippen LogP contribution in [0.15, 0.2) is 48.8 Å². The molecule has 0 unspecified atom stereocenters. The molecule has 1 aliphatic heterocycles. The summed E-state index contributed by atoms with van der Waals surface area (Å²) in [5.41, 5.74) is 2.41. The molecule has 0 radical (unpaired) electrons. The summed E-state index contributed by atoms with van der Waals surface area (Å²) in [6.45, 7) is 3.80. The zero-order valence-corrected chi connectivity index (χ0v) is 14.9. The molecule has 1 N–H and O–H groups in total. The van der Waals surface area contributed by atoms with Crippen LogP contribution in [-0.4, -0.2) is 46.9 Å². The Morgan fingerprint density at radius 1 is 1.00 bits per heavy atom. The zero-order valence-electron chi connectivity index (χ0n) is 13.1. The van der Waals surface area contributed by atoms with Crippen molar-refractivity contribution in [1.29, 1.82) is 0 Å². The van der Waals surface area contributed by atoms with Gasteiger partial charge >= 0.3 is 5.97 Å². The molecule has 1 aliphatic rings. The van der Waals surface area contributed by atoms with Crippen LogP contribution < -0.4 is 9.47 Å². The van der Waals surface area contributed by atoms with Gasteiger partial charge in [-0.1, -0.05) is 0 Å². The molecule has 1 saturated heterocycles. The van der Waals surface area contributed by atoms with Crippen molar-refractivity contribution in [3.63, 3.8) is 0 Å². The maximum atomic E-state index is 10.9. The van der Waals surface area contributed by atoms with E-state index in [0.29, 0.717) is 5.56 Å². The third kappa shape index (κ3) is 3.85. The van der Waals surface area contributed by atoms with Crippen molar-refractivity contribution < 1.29 is 14.5 Å². The highest BCUT2D eigenvalue weighted by atomic mass is 32.2. The average molecular weight is 363 g/mol. The van der Waals surface area contributed by atoms with Gasteiger partial charge in [0.1, 0.15) is 0 Å². The predicted octanol–water partition coefficient (Wildman–Crippen LogP) is 1.93. The van der Waals surface area contributed by atoms with E-state index in [9.17, 15) is 4.79 Å². The molecular weight excluding hydrogens is 342 g/mol. The monoisotopic (exact) mass is 362 g/mol. The molecule has 126 valence electrons. The second kappa shape index (κ2) is 7.46. The fourth-order valence-electron chi connectivity index (χ4n) is 2.79. The molecule has 5 nitrogen and oxygen atoms in total. The normalized spacial score (nSPS) is 15.7. The Hall–Kier alpha value is -1.70. The highest BCUT2D eigenvalue weighted by Gasteiger charge is 2.20. The third-order valence-corrected chi connectivity index (χ3v) is 4.88. The van der Waals surface area contributed by atoms with E-state index < -0.39 is 5.97 Å². The molecule has 0 atom stereocenters. The van der Waals surface area contributed by atoms with Crippen molar-refractivity contribution in [3.05, 3.63) is 54.4 Å². The standard InChI is InChI=1S/C17H19N3O2S2/c21-16(22)13-1-3-14(4-2-13)18-7-5-15(6-8-18)19-9-11-20(12-10-19)17(23)24/h1-8,17H,9-12H2,(H2-,21,22,23,24)/p+1. The van der Waals surface area contributed by atoms with E-state index in [1.807, 2.05) is 17.0 Å². The van der Waals surface area contributed by atoms with Gasteiger partial charge in [0.25, 0.3) is 0 Å². The number of carboxylic acids is 1. The Morgan fingerprint density at radius 3 is 2.08 bits per heavy atom. The van der Waals surface area contributed by atoms with E-state index in [1.54, 1.807) is 24.3 Å². The molecule has 2 heterocycles. The second-order valence-electron chi connectivity index (χ2n) is 5.69. The van der Waals surface area contributed by atoms with Crippen molar-refractivity contribution in [2.45, 2.75) is 4.71 Å². The van der Waals surface area contributed by atoms with Crippen molar-refractivity contribution >= 4 is 36.9 Å². The summed E-state index contributed by atoms with van der Waals surface area (Å²) in [6, 6.07) is 11.0. The maximum absolute atomic E-state index is 10.9. The molecule has 7 heteroatoms. The summed E-state index contributed by atoms with van der Waals surface area (Å²) in [4.78, 5) is 15.5. The minimum atomic E-state index is -0.911. The summed E-state index contributed by atoms with van der Waals surface area (Å²) in [7, 11) is 0. The summed E-state index contributed by atoms with van der Waals surface area (Å²) in [6.07, 6.45) is 4.00. The lowest BCUT2D eigenvalue weighted by Crippen LogP contribution is -2.48. The van der Waals surface area contributed by atoms with Crippen LogP contribution in [0.25, 0.3) is 5.69 Å². The van der Waals surface area contributed by atoms with Crippen LogP contribution in [-0.2, 0) is 0 Å². The average Bonchev–Trinajstić information content (AvgIpc) is 2.62. The molecule has 0 spiro atoms. The number of carbonyl (C=O) groups is 1. The number of rotatable bonds is 4. The molecule has 24 heavy (non-hydrogen) atoms. The molecule has 0 aliphatic carbocycles.